The van der Waals surface area contributed by atoms with Crippen molar-refractivity contribution in [1.82, 2.24) is 4.31 Å². The van der Waals surface area contributed by atoms with Crippen molar-refractivity contribution >= 4 is 21.6 Å². The van der Waals surface area contributed by atoms with Gasteiger partial charge in [0.25, 0.3) is 0 Å². The van der Waals surface area contributed by atoms with Crippen LogP contribution in [0.1, 0.15) is 32.8 Å². The summed E-state index contributed by atoms with van der Waals surface area (Å²) in [7, 11) is -3.70. The highest BCUT2D eigenvalue weighted by Crippen LogP contribution is 2.25. The first-order valence-corrected chi connectivity index (χ1v) is 11.5. The maximum atomic E-state index is 13.4. The van der Waals surface area contributed by atoms with Crippen molar-refractivity contribution in [3.05, 3.63) is 65.2 Å². The molecule has 0 fully saturated rings. The van der Waals surface area contributed by atoms with Gasteiger partial charge in [-0.15, -0.1) is 0 Å². The molecule has 0 aromatic heterocycles. The van der Waals surface area contributed by atoms with Crippen molar-refractivity contribution in [2.75, 3.05) is 13.2 Å². The number of aliphatic hydroxyl groups excluding tert-OH is 1. The predicted octanol–water partition coefficient (Wildman–Crippen LogP) is 4.62. The zero-order valence-corrected chi connectivity index (χ0v) is 18.3. The minimum absolute atomic E-state index is 0.0459. The fourth-order valence-electron chi connectivity index (χ4n) is 3.13. The molecular weight excluding hydrogens is 394 g/mol. The third-order valence-corrected chi connectivity index (χ3v) is 7.44. The molecule has 6 heteroatoms. The lowest BCUT2D eigenvalue weighted by atomic mass is 9.96. The van der Waals surface area contributed by atoms with Gasteiger partial charge in [0.15, 0.2) is 0 Å². The van der Waals surface area contributed by atoms with E-state index in [1.165, 1.54) is 17.7 Å². The lowest BCUT2D eigenvalue weighted by Crippen LogP contribution is -2.43. The molecule has 2 aromatic rings. The fraction of sp³-hybridized carbons (Fsp3) is 0.455. The smallest absolute Gasteiger partial charge is 0.243 e. The van der Waals surface area contributed by atoms with Gasteiger partial charge in [-0.1, -0.05) is 55.8 Å². The van der Waals surface area contributed by atoms with Crippen LogP contribution in [0.2, 0.25) is 5.02 Å². The summed E-state index contributed by atoms with van der Waals surface area (Å²) in [6.45, 7) is 6.18. The lowest BCUT2D eigenvalue weighted by molar-refractivity contribution is 0.152. The van der Waals surface area contributed by atoms with Crippen LogP contribution < -0.4 is 0 Å². The molecule has 0 aliphatic rings. The molecule has 0 amide bonds. The molecule has 1 N–H and O–H groups in total. The molecule has 0 saturated heterocycles. The van der Waals surface area contributed by atoms with Crippen molar-refractivity contribution in [2.45, 2.75) is 44.6 Å². The van der Waals surface area contributed by atoms with Gasteiger partial charge in [0, 0.05) is 24.2 Å². The highest BCUT2D eigenvalue weighted by Gasteiger charge is 2.31. The Morgan fingerprint density at radius 1 is 1.00 bits per heavy atom. The highest BCUT2D eigenvalue weighted by molar-refractivity contribution is 7.89. The molecule has 1 unspecified atom stereocenters. The third-order valence-electron chi connectivity index (χ3n) is 5.20. The average Bonchev–Trinajstić information content (AvgIpc) is 2.67. The van der Waals surface area contributed by atoms with Crippen LogP contribution >= 0.6 is 11.6 Å². The maximum absolute atomic E-state index is 13.4. The van der Waals surface area contributed by atoms with Crippen LogP contribution in [0.4, 0.5) is 0 Å². The van der Waals surface area contributed by atoms with E-state index in [2.05, 4.69) is 12.1 Å². The zero-order chi connectivity index (χ0) is 20.7. The van der Waals surface area contributed by atoms with Gasteiger partial charge in [-0.3, -0.25) is 0 Å². The van der Waals surface area contributed by atoms with Gasteiger partial charge in [-0.2, -0.15) is 4.31 Å². The molecule has 4 nitrogen and oxygen atoms in total. The van der Waals surface area contributed by atoms with E-state index in [1.54, 1.807) is 16.4 Å². The number of nitrogens with zero attached hydrogens (tertiary/aromatic N) is 1. The van der Waals surface area contributed by atoms with Crippen LogP contribution in [-0.2, 0) is 16.4 Å². The fourth-order valence-corrected chi connectivity index (χ4v) is 4.98. The molecule has 2 rings (SSSR count). The number of benzene rings is 2. The van der Waals surface area contributed by atoms with Crippen LogP contribution in [0, 0.1) is 11.8 Å². The van der Waals surface area contributed by atoms with Gasteiger partial charge >= 0.3 is 0 Å². The second-order valence-electron chi connectivity index (χ2n) is 7.59. The van der Waals surface area contributed by atoms with Gasteiger partial charge in [0.05, 0.1) is 4.90 Å². The van der Waals surface area contributed by atoms with Crippen LogP contribution in [0.5, 0.6) is 0 Å². The summed E-state index contributed by atoms with van der Waals surface area (Å²) in [5.74, 6) is 0.0514. The predicted molar refractivity (Wildman–Crippen MR) is 115 cm³/mol. The van der Waals surface area contributed by atoms with E-state index in [9.17, 15) is 13.5 Å². The summed E-state index contributed by atoms with van der Waals surface area (Å²) in [6.07, 6.45) is 1.49. The standard InChI is InChI=1S/C22H30ClNO3S/c1-17(2)20(16-25)15-24(18(3)9-10-19-7-5-4-6-8-19)28(26,27)22-13-11-21(23)12-14-22/h4-8,11-14,17-18,20,25H,9-10,15-16H2,1-3H3/t18?,20-/m0/s1. The van der Waals surface area contributed by atoms with E-state index in [0.29, 0.717) is 11.4 Å². The van der Waals surface area contributed by atoms with Crippen molar-refractivity contribution in [3.63, 3.8) is 0 Å². The van der Waals surface area contributed by atoms with E-state index in [0.717, 1.165) is 6.42 Å². The van der Waals surface area contributed by atoms with Gasteiger partial charge < -0.3 is 5.11 Å². The largest absolute Gasteiger partial charge is 0.396 e. The van der Waals surface area contributed by atoms with Crippen molar-refractivity contribution in [3.8, 4) is 0 Å². The SMILES string of the molecule is CC(C)[C@H](CO)CN(C(C)CCc1ccccc1)S(=O)(=O)c1ccc(Cl)cc1. The first-order chi connectivity index (χ1) is 13.3. The Balaban J connectivity index is 2.28. The monoisotopic (exact) mass is 423 g/mol. The Morgan fingerprint density at radius 2 is 1.61 bits per heavy atom. The second kappa shape index (κ2) is 10.4. The number of aliphatic hydroxyl groups is 1. The molecule has 0 radical (unpaired) electrons. The molecule has 0 heterocycles. The van der Waals surface area contributed by atoms with E-state index >= 15 is 0 Å². The molecular formula is C22H30ClNO3S. The molecule has 2 atom stereocenters. The molecule has 0 bridgehead atoms. The lowest BCUT2D eigenvalue weighted by Gasteiger charge is -2.32. The number of hydrogen-bond donors (Lipinski definition) is 1. The molecule has 28 heavy (non-hydrogen) atoms. The van der Waals surface area contributed by atoms with E-state index in [1.807, 2.05) is 39.0 Å². The first kappa shape index (κ1) is 22.9. The molecule has 2 aromatic carbocycles. The third kappa shape index (κ3) is 6.05. The minimum atomic E-state index is -3.70. The molecule has 0 spiro atoms. The van der Waals surface area contributed by atoms with Gasteiger partial charge in [0.2, 0.25) is 10.0 Å². The highest BCUT2D eigenvalue weighted by atomic mass is 35.5. The Morgan fingerprint density at radius 3 is 2.14 bits per heavy atom. The van der Waals surface area contributed by atoms with Crippen LogP contribution in [-0.4, -0.2) is 37.0 Å². The van der Waals surface area contributed by atoms with Gasteiger partial charge in [-0.25, -0.2) is 8.42 Å². The molecule has 0 aliphatic heterocycles. The van der Waals surface area contributed by atoms with Crippen molar-refractivity contribution < 1.29 is 13.5 Å². The van der Waals surface area contributed by atoms with E-state index < -0.39 is 10.0 Å². The zero-order valence-electron chi connectivity index (χ0n) is 16.8. The normalized spacial score (nSPS) is 14.4. The average molecular weight is 424 g/mol. The van der Waals surface area contributed by atoms with Gasteiger partial charge in [0.1, 0.15) is 0 Å². The molecule has 0 saturated carbocycles. The van der Waals surface area contributed by atoms with Crippen molar-refractivity contribution in [1.29, 1.82) is 0 Å². The maximum Gasteiger partial charge on any atom is 0.243 e. The van der Waals surface area contributed by atoms with Crippen LogP contribution in [0.15, 0.2) is 59.5 Å². The summed E-state index contributed by atoms with van der Waals surface area (Å²) in [6, 6.07) is 16.1. The molecule has 154 valence electrons. The molecule has 0 aliphatic carbocycles. The topological polar surface area (TPSA) is 57.6 Å². The summed E-state index contributed by atoms with van der Waals surface area (Å²) >= 11 is 5.93. The Kier molecular flexibility index (Phi) is 8.50. The number of aryl methyl sites for hydroxylation is 1. The van der Waals surface area contributed by atoms with Gasteiger partial charge in [-0.05, 0) is 61.4 Å². The summed E-state index contributed by atoms with van der Waals surface area (Å²) < 4.78 is 28.3. The quantitative estimate of drug-likeness (QED) is 0.606. The first-order valence-electron chi connectivity index (χ1n) is 9.68. The number of hydrogen-bond acceptors (Lipinski definition) is 3. The number of halogens is 1. The van der Waals surface area contributed by atoms with Crippen LogP contribution in [0.25, 0.3) is 0 Å². The van der Waals surface area contributed by atoms with Crippen LogP contribution in [0.3, 0.4) is 0 Å². The van der Waals surface area contributed by atoms with Crippen molar-refractivity contribution in [2.24, 2.45) is 11.8 Å². The van der Waals surface area contributed by atoms with E-state index in [4.69, 9.17) is 11.6 Å². The Bertz CT molecular complexity index is 823. The van der Waals surface area contributed by atoms with E-state index in [-0.39, 0.29) is 35.9 Å². The Labute approximate surface area is 174 Å². The summed E-state index contributed by atoms with van der Waals surface area (Å²) in [5.41, 5.74) is 1.18. The Hall–Kier alpha value is -1.40. The number of sulfonamides is 1. The summed E-state index contributed by atoms with van der Waals surface area (Å²) in [5, 5.41) is 10.3. The number of rotatable bonds is 10. The second-order valence-corrected chi connectivity index (χ2v) is 9.92. The summed E-state index contributed by atoms with van der Waals surface area (Å²) in [4.78, 5) is 0.226. The minimum Gasteiger partial charge on any atom is -0.396 e.